The molecule has 3 rings (SSSR count). The molecule has 1 aromatic carbocycles. The molecule has 1 aliphatic heterocycles. The smallest absolute Gasteiger partial charge is 0.318 e. The molecule has 0 amide bonds. The average Bonchev–Trinajstić information content (AvgIpc) is 2.99. The van der Waals surface area contributed by atoms with Gasteiger partial charge in [-0.3, -0.25) is 10.1 Å². The number of nitro groups is 1. The zero-order valence-electron chi connectivity index (χ0n) is 11.1. The van der Waals surface area contributed by atoms with Gasteiger partial charge in [0, 0.05) is 30.6 Å². The van der Waals surface area contributed by atoms with Crippen LogP contribution in [0.1, 0.15) is 12.8 Å². The van der Waals surface area contributed by atoms with Crippen molar-refractivity contribution in [2.45, 2.75) is 12.8 Å². The van der Waals surface area contributed by atoms with Crippen molar-refractivity contribution >= 4 is 22.4 Å². The molecule has 0 atom stereocenters. The molecule has 7 heteroatoms. The predicted molar refractivity (Wildman–Crippen MR) is 74.2 cm³/mol. The number of nitrogens with zero attached hydrogens (tertiary/aromatic N) is 4. The molecule has 0 saturated carbocycles. The summed E-state index contributed by atoms with van der Waals surface area (Å²) in [4.78, 5) is 21.2. The Morgan fingerprint density at radius 2 is 2.05 bits per heavy atom. The Morgan fingerprint density at radius 3 is 2.70 bits per heavy atom. The van der Waals surface area contributed by atoms with Crippen LogP contribution in [-0.2, 0) is 0 Å². The summed E-state index contributed by atoms with van der Waals surface area (Å²) >= 11 is 0. The van der Waals surface area contributed by atoms with Gasteiger partial charge >= 0.3 is 6.01 Å². The highest BCUT2D eigenvalue weighted by atomic mass is 16.6. The highest BCUT2D eigenvalue weighted by Gasteiger charge is 2.19. The van der Waals surface area contributed by atoms with E-state index in [1.165, 1.54) is 19.2 Å². The first kappa shape index (κ1) is 12.6. The minimum Gasteiger partial charge on any atom is -0.467 e. The van der Waals surface area contributed by atoms with E-state index in [1.54, 1.807) is 6.07 Å². The molecule has 0 aliphatic carbocycles. The molecular weight excluding hydrogens is 260 g/mol. The van der Waals surface area contributed by atoms with Crippen LogP contribution < -0.4 is 9.64 Å². The Hall–Kier alpha value is -2.44. The quantitative estimate of drug-likeness (QED) is 0.630. The van der Waals surface area contributed by atoms with Crippen LogP contribution in [0.15, 0.2) is 18.2 Å². The minimum absolute atomic E-state index is 0.0191. The predicted octanol–water partition coefficient (Wildman–Crippen LogP) is 2.15. The maximum absolute atomic E-state index is 10.9. The van der Waals surface area contributed by atoms with Crippen LogP contribution in [-0.4, -0.2) is 35.1 Å². The van der Waals surface area contributed by atoms with Crippen molar-refractivity contribution < 1.29 is 9.66 Å². The number of methoxy groups -OCH3 is 1. The number of hydrogen-bond acceptors (Lipinski definition) is 6. The van der Waals surface area contributed by atoms with Crippen molar-refractivity contribution in [3.05, 3.63) is 28.3 Å². The second-order valence-electron chi connectivity index (χ2n) is 4.69. The van der Waals surface area contributed by atoms with Gasteiger partial charge in [-0.05, 0) is 18.9 Å². The number of nitro benzene ring substituents is 1. The summed E-state index contributed by atoms with van der Waals surface area (Å²) < 4.78 is 5.10. The summed E-state index contributed by atoms with van der Waals surface area (Å²) in [5.74, 6) is 0.791. The summed E-state index contributed by atoms with van der Waals surface area (Å²) in [5.41, 5.74) is 0.554. The zero-order chi connectivity index (χ0) is 14.1. The third-order valence-electron chi connectivity index (χ3n) is 3.44. The number of ether oxygens (including phenoxy) is 1. The largest absolute Gasteiger partial charge is 0.467 e. The number of rotatable bonds is 3. The lowest BCUT2D eigenvalue weighted by molar-refractivity contribution is -0.384. The summed E-state index contributed by atoms with van der Waals surface area (Å²) in [5, 5.41) is 11.7. The topological polar surface area (TPSA) is 81.4 Å². The van der Waals surface area contributed by atoms with E-state index in [1.807, 2.05) is 0 Å². The van der Waals surface area contributed by atoms with Crippen molar-refractivity contribution in [1.29, 1.82) is 0 Å². The molecule has 0 radical (unpaired) electrons. The number of aromatic nitrogens is 2. The maximum Gasteiger partial charge on any atom is 0.318 e. The number of hydrogen-bond donors (Lipinski definition) is 0. The van der Waals surface area contributed by atoms with Crippen LogP contribution >= 0.6 is 0 Å². The Kier molecular flexibility index (Phi) is 3.09. The zero-order valence-corrected chi connectivity index (χ0v) is 11.1. The van der Waals surface area contributed by atoms with Gasteiger partial charge in [0.2, 0.25) is 0 Å². The van der Waals surface area contributed by atoms with Gasteiger partial charge in [-0.2, -0.15) is 9.97 Å². The monoisotopic (exact) mass is 274 g/mol. The van der Waals surface area contributed by atoms with E-state index in [0.717, 1.165) is 37.1 Å². The van der Waals surface area contributed by atoms with Crippen molar-refractivity contribution in [2.75, 3.05) is 25.1 Å². The van der Waals surface area contributed by atoms with Crippen LogP contribution in [0.5, 0.6) is 6.01 Å². The van der Waals surface area contributed by atoms with E-state index >= 15 is 0 Å². The van der Waals surface area contributed by atoms with Crippen LogP contribution in [0, 0.1) is 10.1 Å². The molecule has 0 N–H and O–H groups in total. The van der Waals surface area contributed by atoms with E-state index in [-0.39, 0.29) is 11.7 Å². The van der Waals surface area contributed by atoms with E-state index in [0.29, 0.717) is 5.52 Å². The number of anilines is 1. The molecule has 1 aliphatic rings. The lowest BCUT2D eigenvalue weighted by Crippen LogP contribution is -2.19. The Labute approximate surface area is 115 Å². The van der Waals surface area contributed by atoms with Gasteiger partial charge in [-0.1, -0.05) is 0 Å². The van der Waals surface area contributed by atoms with Gasteiger partial charge in [0.25, 0.3) is 5.69 Å². The van der Waals surface area contributed by atoms with Gasteiger partial charge in [0.1, 0.15) is 5.82 Å². The Balaban J connectivity index is 2.19. The highest BCUT2D eigenvalue weighted by molar-refractivity contribution is 5.91. The molecular formula is C13H14N4O3. The van der Waals surface area contributed by atoms with Gasteiger partial charge in [0.15, 0.2) is 0 Å². The second-order valence-corrected chi connectivity index (χ2v) is 4.69. The first-order valence-electron chi connectivity index (χ1n) is 6.44. The molecule has 2 heterocycles. The SMILES string of the molecule is COc1nc(N2CCCC2)c2ccc([N+](=O)[O-])cc2n1. The fraction of sp³-hybridized carbons (Fsp3) is 0.385. The van der Waals surface area contributed by atoms with Crippen LogP contribution in [0.25, 0.3) is 10.9 Å². The van der Waals surface area contributed by atoms with Gasteiger partial charge < -0.3 is 9.64 Å². The maximum atomic E-state index is 10.9. The van der Waals surface area contributed by atoms with E-state index < -0.39 is 4.92 Å². The minimum atomic E-state index is -0.427. The summed E-state index contributed by atoms with van der Waals surface area (Å²) in [6.07, 6.45) is 2.25. The van der Waals surface area contributed by atoms with E-state index in [2.05, 4.69) is 14.9 Å². The first-order valence-corrected chi connectivity index (χ1v) is 6.44. The van der Waals surface area contributed by atoms with Crippen LogP contribution in [0.4, 0.5) is 11.5 Å². The lowest BCUT2D eigenvalue weighted by atomic mass is 10.2. The van der Waals surface area contributed by atoms with Crippen LogP contribution in [0.3, 0.4) is 0 Å². The fourth-order valence-corrected chi connectivity index (χ4v) is 2.46. The number of fused-ring (bicyclic) bond motifs is 1. The standard InChI is InChI=1S/C13H14N4O3/c1-20-13-14-11-8-9(17(18)19)4-5-10(11)12(15-13)16-6-2-3-7-16/h4-5,8H,2-3,6-7H2,1H3. The molecule has 1 aromatic heterocycles. The molecule has 0 unspecified atom stereocenters. The first-order chi connectivity index (χ1) is 9.69. The van der Waals surface area contributed by atoms with Crippen LogP contribution in [0.2, 0.25) is 0 Å². The number of benzene rings is 1. The molecule has 20 heavy (non-hydrogen) atoms. The molecule has 0 spiro atoms. The molecule has 7 nitrogen and oxygen atoms in total. The fourth-order valence-electron chi connectivity index (χ4n) is 2.46. The lowest BCUT2D eigenvalue weighted by Gasteiger charge is -2.18. The Bertz CT molecular complexity index is 668. The second kappa shape index (κ2) is 4.92. The van der Waals surface area contributed by atoms with Crippen molar-refractivity contribution in [3.8, 4) is 6.01 Å². The molecule has 104 valence electrons. The van der Waals surface area contributed by atoms with Gasteiger partial charge in [-0.25, -0.2) is 0 Å². The third kappa shape index (κ3) is 2.11. The normalized spacial score (nSPS) is 14.8. The molecule has 2 aromatic rings. The van der Waals surface area contributed by atoms with E-state index in [4.69, 9.17) is 4.74 Å². The van der Waals surface area contributed by atoms with Crippen molar-refractivity contribution in [1.82, 2.24) is 9.97 Å². The van der Waals surface area contributed by atoms with Crippen molar-refractivity contribution in [3.63, 3.8) is 0 Å². The van der Waals surface area contributed by atoms with Crippen molar-refractivity contribution in [2.24, 2.45) is 0 Å². The highest BCUT2D eigenvalue weighted by Crippen LogP contribution is 2.30. The summed E-state index contributed by atoms with van der Waals surface area (Å²) in [6, 6.07) is 4.89. The summed E-state index contributed by atoms with van der Waals surface area (Å²) in [6.45, 7) is 1.87. The van der Waals surface area contributed by atoms with Gasteiger partial charge in [0.05, 0.1) is 17.5 Å². The number of non-ortho nitro benzene ring substituents is 1. The third-order valence-corrected chi connectivity index (χ3v) is 3.44. The molecule has 0 bridgehead atoms. The summed E-state index contributed by atoms with van der Waals surface area (Å²) in [7, 11) is 1.49. The van der Waals surface area contributed by atoms with E-state index in [9.17, 15) is 10.1 Å². The van der Waals surface area contributed by atoms with Gasteiger partial charge in [-0.15, -0.1) is 0 Å². The molecule has 1 saturated heterocycles. The average molecular weight is 274 g/mol. The Morgan fingerprint density at radius 1 is 1.30 bits per heavy atom. The molecule has 1 fully saturated rings.